The van der Waals surface area contributed by atoms with E-state index in [1.54, 1.807) is 0 Å². The molecule has 10 aromatic carbocycles. The average Bonchev–Trinajstić information content (AvgIpc) is 3.87. The lowest BCUT2D eigenvalue weighted by molar-refractivity contribution is 0.309. The molecule has 2 N–H and O–H groups in total. The molecule has 288 valence electrons. The molecule has 2 aromatic heterocycles. The molecular weight excluding hydrogens is 745 g/mol. The number of rotatable bonds is 7. The van der Waals surface area contributed by atoms with Crippen molar-refractivity contribution in [2.45, 2.75) is 6.61 Å². The number of hydrogen-bond donors (Lipinski definition) is 1. The van der Waals surface area contributed by atoms with Crippen LogP contribution in [0.5, 0.6) is 5.75 Å². The van der Waals surface area contributed by atoms with E-state index in [0.717, 1.165) is 61.0 Å². The highest BCUT2D eigenvalue weighted by atomic mass is 16.5. The van der Waals surface area contributed by atoms with Crippen molar-refractivity contribution in [1.29, 1.82) is 0 Å². The molecule has 0 aliphatic rings. The zero-order valence-electron chi connectivity index (χ0n) is 33.2. The molecule has 0 fully saturated rings. The minimum Gasteiger partial charge on any atom is -0.486 e. The van der Waals surface area contributed by atoms with Gasteiger partial charge >= 0.3 is 0 Å². The highest BCUT2D eigenvalue weighted by Gasteiger charge is 2.21. The number of furan rings is 1. The van der Waals surface area contributed by atoms with Gasteiger partial charge in [-0.2, -0.15) is 0 Å². The normalized spacial score (nSPS) is 11.7. The second kappa shape index (κ2) is 14.0. The maximum absolute atomic E-state index is 7.09. The Morgan fingerprint density at radius 2 is 1.07 bits per heavy atom. The largest absolute Gasteiger partial charge is 0.486 e. The summed E-state index contributed by atoms with van der Waals surface area (Å²) in [6.45, 7) is 0.348. The molecule has 12 aromatic rings. The molecule has 0 radical (unpaired) electrons. The second-order valence-electron chi connectivity index (χ2n) is 15.8. The van der Waals surface area contributed by atoms with Gasteiger partial charge in [0.2, 0.25) is 0 Å². The molecule has 0 spiro atoms. The predicted molar refractivity (Wildman–Crippen MR) is 255 cm³/mol. The molecule has 0 aliphatic heterocycles. The van der Waals surface area contributed by atoms with Crippen molar-refractivity contribution in [3.05, 3.63) is 212 Å². The van der Waals surface area contributed by atoms with Crippen molar-refractivity contribution in [2.24, 2.45) is 0 Å². The number of nitrogens with zero attached hydrogens (tertiary/aromatic N) is 1. The van der Waals surface area contributed by atoms with Crippen LogP contribution in [0.4, 0.5) is 5.69 Å². The summed E-state index contributed by atoms with van der Waals surface area (Å²) >= 11 is 0. The number of aromatic nitrogens is 1. The predicted octanol–water partition coefficient (Wildman–Crippen LogP) is 15.2. The maximum Gasteiger partial charge on any atom is 0.151 e. The Hall–Kier alpha value is -8.08. The minimum atomic E-state index is 0.348. The number of ether oxygens (including phenoxy) is 1. The number of benzene rings is 10. The molecule has 12 rings (SSSR count). The van der Waals surface area contributed by atoms with Crippen molar-refractivity contribution in [3.8, 4) is 44.8 Å². The third-order valence-corrected chi connectivity index (χ3v) is 12.3. The van der Waals surface area contributed by atoms with E-state index in [9.17, 15) is 0 Å². The molecule has 0 unspecified atom stereocenters. The van der Waals surface area contributed by atoms with Crippen LogP contribution >= 0.6 is 0 Å². The van der Waals surface area contributed by atoms with E-state index in [1.165, 1.54) is 48.9 Å². The number of nitrogens with two attached hydrogens (primary N) is 1. The van der Waals surface area contributed by atoms with E-state index in [1.807, 2.05) is 18.2 Å². The molecule has 0 saturated heterocycles. The van der Waals surface area contributed by atoms with Gasteiger partial charge in [0, 0.05) is 32.8 Å². The number of para-hydroxylation sites is 2. The highest BCUT2D eigenvalue weighted by Crippen LogP contribution is 2.46. The Balaban J connectivity index is 0.902. The van der Waals surface area contributed by atoms with Gasteiger partial charge in [-0.1, -0.05) is 176 Å². The van der Waals surface area contributed by atoms with Gasteiger partial charge in [-0.25, -0.2) is 0 Å². The quantitative estimate of drug-likeness (QED) is 0.164. The average molecular weight is 783 g/mol. The fraction of sp³-hybridized carbons (Fsp3) is 0.0175. The summed E-state index contributed by atoms with van der Waals surface area (Å²) in [5, 5.41) is 9.24. The molecule has 0 saturated carbocycles. The van der Waals surface area contributed by atoms with E-state index in [4.69, 9.17) is 14.9 Å². The Bertz CT molecular complexity index is 3630. The van der Waals surface area contributed by atoms with Gasteiger partial charge in [0.15, 0.2) is 5.75 Å². The number of nitrogen functional groups attached to an aromatic ring is 1. The van der Waals surface area contributed by atoms with Gasteiger partial charge in [-0.15, -0.1) is 0 Å². The fourth-order valence-electron chi connectivity index (χ4n) is 9.33. The van der Waals surface area contributed by atoms with Gasteiger partial charge in [0.05, 0.1) is 22.1 Å². The summed E-state index contributed by atoms with van der Waals surface area (Å²) in [6, 6.07) is 73.1. The van der Waals surface area contributed by atoms with Crippen LogP contribution in [0, 0.1) is 0 Å². The van der Waals surface area contributed by atoms with Crippen molar-refractivity contribution < 1.29 is 9.15 Å². The third-order valence-electron chi connectivity index (χ3n) is 12.3. The van der Waals surface area contributed by atoms with E-state index >= 15 is 0 Å². The molecule has 4 heteroatoms. The van der Waals surface area contributed by atoms with Crippen molar-refractivity contribution in [1.82, 2.24) is 4.57 Å². The first kappa shape index (κ1) is 34.9. The van der Waals surface area contributed by atoms with Gasteiger partial charge in [0.1, 0.15) is 17.8 Å². The first-order valence-corrected chi connectivity index (χ1v) is 20.7. The molecule has 61 heavy (non-hydrogen) atoms. The summed E-state index contributed by atoms with van der Waals surface area (Å²) in [5.41, 5.74) is 20.3. The van der Waals surface area contributed by atoms with Gasteiger partial charge in [-0.05, 0) is 79.9 Å². The molecule has 4 nitrogen and oxygen atoms in total. The summed E-state index contributed by atoms with van der Waals surface area (Å²) in [7, 11) is 0. The van der Waals surface area contributed by atoms with Crippen LogP contribution < -0.4 is 10.5 Å². The summed E-state index contributed by atoms with van der Waals surface area (Å²) in [5.74, 6) is 0.646. The van der Waals surface area contributed by atoms with E-state index in [-0.39, 0.29) is 0 Å². The lowest BCUT2D eigenvalue weighted by Crippen LogP contribution is -2.01. The SMILES string of the molecule is Nc1c(OCc2ccc(-c3ccc4c5ccc6ccccc6c5n(-c5ccccc5)c4c3)cc2)c(-c2ccc(-c3cccc4ccccc34)cc2)cc2oc3ccccc3c12. The number of fused-ring (bicyclic) bond motifs is 9. The molecule has 0 atom stereocenters. The van der Waals surface area contributed by atoms with Gasteiger partial charge < -0.3 is 19.5 Å². The third kappa shape index (κ3) is 5.76. The van der Waals surface area contributed by atoms with Crippen LogP contribution in [-0.4, -0.2) is 4.57 Å². The minimum absolute atomic E-state index is 0.348. The van der Waals surface area contributed by atoms with Crippen LogP contribution in [-0.2, 0) is 6.61 Å². The van der Waals surface area contributed by atoms with Crippen LogP contribution in [0.25, 0.3) is 104 Å². The Morgan fingerprint density at radius 3 is 1.87 bits per heavy atom. The zero-order chi connectivity index (χ0) is 40.4. The standard InChI is InChI=1S/C57H38N2O2/c58-55-54-49-18-8-9-20-52(49)61-53(54)34-50(41-27-25-40(26-28-41)45-19-10-13-38-11-4-6-16-44(38)45)57(55)60-35-36-21-23-37(24-22-36)42-30-31-47-48-32-29-39-12-5-7-17-46(39)56(48)59(51(47)33-42)43-14-2-1-3-15-43/h1-34H,35,58H2. The number of hydrogen-bond acceptors (Lipinski definition) is 3. The van der Waals surface area contributed by atoms with Crippen molar-refractivity contribution in [3.63, 3.8) is 0 Å². The second-order valence-corrected chi connectivity index (χ2v) is 15.8. The topological polar surface area (TPSA) is 53.3 Å². The van der Waals surface area contributed by atoms with Crippen molar-refractivity contribution in [2.75, 3.05) is 5.73 Å². The molecular formula is C57H38N2O2. The lowest BCUT2D eigenvalue weighted by atomic mass is 9.95. The van der Waals surface area contributed by atoms with Crippen LogP contribution in [0.15, 0.2) is 211 Å². The molecule has 0 amide bonds. The first-order valence-electron chi connectivity index (χ1n) is 20.7. The highest BCUT2D eigenvalue weighted by molar-refractivity contribution is 6.19. The summed E-state index contributed by atoms with van der Waals surface area (Å²) in [4.78, 5) is 0. The fourth-order valence-corrected chi connectivity index (χ4v) is 9.33. The maximum atomic E-state index is 7.09. The molecule has 2 heterocycles. The zero-order valence-corrected chi connectivity index (χ0v) is 33.2. The summed E-state index contributed by atoms with van der Waals surface area (Å²) in [6.07, 6.45) is 0. The Labute approximate surface area is 352 Å². The number of anilines is 1. The van der Waals surface area contributed by atoms with Crippen LogP contribution in [0.3, 0.4) is 0 Å². The molecule has 0 bridgehead atoms. The van der Waals surface area contributed by atoms with Gasteiger partial charge in [0.25, 0.3) is 0 Å². The molecule has 0 aliphatic carbocycles. The van der Waals surface area contributed by atoms with Crippen molar-refractivity contribution >= 4 is 71.0 Å². The van der Waals surface area contributed by atoms with Gasteiger partial charge in [-0.3, -0.25) is 0 Å². The van der Waals surface area contributed by atoms with Crippen LogP contribution in [0.2, 0.25) is 0 Å². The Kier molecular flexibility index (Phi) is 8.04. The van der Waals surface area contributed by atoms with Crippen LogP contribution in [0.1, 0.15) is 5.56 Å². The van der Waals surface area contributed by atoms with E-state index < -0.39 is 0 Å². The lowest BCUT2D eigenvalue weighted by Gasteiger charge is -2.16. The first-order chi connectivity index (χ1) is 30.2. The van der Waals surface area contributed by atoms with E-state index in [0.29, 0.717) is 18.0 Å². The van der Waals surface area contributed by atoms with E-state index in [2.05, 4.69) is 193 Å². The summed E-state index contributed by atoms with van der Waals surface area (Å²) < 4.78 is 15.6. The monoisotopic (exact) mass is 782 g/mol. The Morgan fingerprint density at radius 1 is 0.443 bits per heavy atom. The smallest absolute Gasteiger partial charge is 0.151 e.